The monoisotopic (exact) mass is 1280 g/mol. The number of amides is 2. The van der Waals surface area contributed by atoms with Crippen LogP contribution in [0.25, 0.3) is 22.3 Å². The van der Waals surface area contributed by atoms with Crippen molar-refractivity contribution in [2.24, 2.45) is 0 Å². The summed E-state index contributed by atoms with van der Waals surface area (Å²) in [4.78, 5) is 50.9. The van der Waals surface area contributed by atoms with Crippen molar-refractivity contribution in [2.45, 2.75) is 141 Å². The molecule has 0 bridgehead atoms. The van der Waals surface area contributed by atoms with Gasteiger partial charge in [0.1, 0.15) is 58.6 Å². The van der Waals surface area contributed by atoms with Gasteiger partial charge in [-0.3, -0.25) is 33.3 Å². The number of hydrogen-bond acceptors (Lipinski definition) is 20. The number of fused-ring (bicyclic) bond motifs is 4. The van der Waals surface area contributed by atoms with Crippen LogP contribution in [-0.2, 0) is 55.0 Å². The lowest BCUT2D eigenvalue weighted by molar-refractivity contribution is -0.264. The molecule has 478 valence electrons. The summed E-state index contributed by atoms with van der Waals surface area (Å²) in [6, 6.07) is 38.0. The topological polar surface area (TPSA) is 272 Å². The average molecular weight is 1280 g/mol. The number of benzene rings is 4. The molecule has 4 unspecified atom stereocenters. The van der Waals surface area contributed by atoms with E-state index < -0.39 is 89.1 Å². The summed E-state index contributed by atoms with van der Waals surface area (Å²) in [6.45, 7) is 18.3. The van der Waals surface area contributed by atoms with E-state index in [9.17, 15) is 19.3 Å². The van der Waals surface area contributed by atoms with Gasteiger partial charge >= 0.3 is 7.60 Å². The molecule has 12 rings (SSSR count). The van der Waals surface area contributed by atoms with Crippen LogP contribution in [-0.4, -0.2) is 147 Å². The minimum Gasteiger partial charge on any atom is -0.390 e. The van der Waals surface area contributed by atoms with E-state index in [1.165, 1.54) is 42.1 Å². The first-order valence-corrected chi connectivity index (χ1v) is 32.8. The summed E-state index contributed by atoms with van der Waals surface area (Å²) in [7, 11) is -4.16. The smallest absolute Gasteiger partial charge is 0.328 e. The van der Waals surface area contributed by atoms with Gasteiger partial charge in [-0.05, 0) is 97.4 Å². The molecule has 0 saturated carbocycles. The summed E-state index contributed by atoms with van der Waals surface area (Å²) in [5.74, 6) is -7.23. The van der Waals surface area contributed by atoms with Crippen LogP contribution in [0.5, 0.6) is 0 Å². The fraction of sp³-hybridized carbons (Fsp3) is 0.419. The quantitative estimate of drug-likeness (QED) is 0.0433. The Morgan fingerprint density at radius 1 is 0.656 bits per heavy atom. The lowest BCUT2D eigenvalue weighted by Gasteiger charge is -2.35. The number of carbonyl (C=O) groups is 2. The first-order valence-electron chi connectivity index (χ1n) is 29.2. The predicted octanol–water partition coefficient (Wildman–Crippen LogP) is 10.5. The van der Waals surface area contributed by atoms with Crippen molar-refractivity contribution in [1.29, 1.82) is 0 Å². The highest BCUT2D eigenvalue weighted by atomic mass is 31.2. The van der Waals surface area contributed by atoms with Gasteiger partial charge in [0.2, 0.25) is 5.79 Å². The molecule has 4 fully saturated rings. The van der Waals surface area contributed by atoms with Crippen LogP contribution in [0.15, 0.2) is 147 Å². The Hall–Kier alpha value is -7.00. The fourth-order valence-corrected chi connectivity index (χ4v) is 13.7. The number of ether oxygens (including phenoxy) is 5. The molecule has 4 saturated heterocycles. The second kappa shape index (κ2) is 27.4. The molecule has 4 aliphatic heterocycles. The van der Waals surface area contributed by atoms with Crippen molar-refractivity contribution >= 4 is 61.7 Å². The summed E-state index contributed by atoms with van der Waals surface area (Å²) >= 11 is 0. The fourth-order valence-electron chi connectivity index (χ4n) is 11.0. The number of imidazole rings is 2. The number of carbonyl (C=O) groups excluding carboxylic acids is 2. The zero-order chi connectivity index (χ0) is 64.2. The van der Waals surface area contributed by atoms with Gasteiger partial charge in [-0.1, -0.05) is 97.1 Å². The third kappa shape index (κ3) is 15.0. The van der Waals surface area contributed by atoms with Crippen molar-refractivity contribution in [3.63, 3.8) is 0 Å². The van der Waals surface area contributed by atoms with E-state index >= 15 is 8.78 Å². The van der Waals surface area contributed by atoms with Crippen molar-refractivity contribution < 1.29 is 65.3 Å². The number of anilines is 2. The molecular weight excluding hydrogens is 1200 g/mol. The summed E-state index contributed by atoms with van der Waals surface area (Å²) in [5.41, 5.74) is 4.19. The highest BCUT2D eigenvalue weighted by molar-refractivity contribution is 7.52. The average Bonchev–Trinajstić information content (AvgIpc) is 1.60. The van der Waals surface area contributed by atoms with Gasteiger partial charge in [0.05, 0.1) is 25.9 Å². The summed E-state index contributed by atoms with van der Waals surface area (Å²) in [5, 5.41) is 18.0. The van der Waals surface area contributed by atoms with Crippen LogP contribution in [0.3, 0.4) is 0 Å². The molecule has 10 atom stereocenters. The molecule has 8 aromatic rings. The Morgan fingerprint density at radius 2 is 1.12 bits per heavy atom. The van der Waals surface area contributed by atoms with E-state index in [2.05, 4.69) is 109 Å². The van der Waals surface area contributed by atoms with Crippen LogP contribution in [0.2, 0.25) is 0 Å². The number of nitrogens with one attached hydrogen (secondary N) is 3. The Balaban J connectivity index is 0.000000162. The zero-order valence-corrected chi connectivity index (χ0v) is 53.2. The van der Waals surface area contributed by atoms with E-state index in [0.717, 1.165) is 5.56 Å². The minimum atomic E-state index is -3.64. The van der Waals surface area contributed by atoms with Crippen LogP contribution < -0.4 is 16.0 Å². The molecule has 0 spiro atoms. The van der Waals surface area contributed by atoms with Gasteiger partial charge in [-0.25, -0.2) is 38.7 Å². The molecule has 28 heteroatoms. The van der Waals surface area contributed by atoms with Gasteiger partial charge in [-0.15, -0.1) is 0 Å². The standard InChI is InChI=1S/C28H30FN6O6P.C20H20FN5O5.C14H24NOP/c1-27(2)40-21-22(41-27)28(29,15-39-42(3,37)38-14-18-10-6-4-7-11-18)34-25(21)35-17-32-20-23(30-16-31-24(20)35)33-26(36)19-12-8-5-9-13-19;1-19(2)29-13-14(30-19)20(21,8-27)31-18(13)26-10-24-12-15(22-9-23-16(12)26)25-17(28)11-6-4-3-5-7-11;1-12(2)15(13(3)4)17(5)16-11-14-9-7-6-8-10-14/h4-13,16-17,21-22,25,34H,14-15H2,1-3H3,(H,30,31,33,36);3-7,9-10,13-14,18,27H,8H2,1-2H3,(H,22,23,25,28);6-10,12-13H,11H2,1-5H3/t21-,22?,25-,28+,42?;13-,14?,18+,20+;/m00./s1. The molecule has 0 radical (unpaired) electrons. The maximum Gasteiger partial charge on any atom is 0.328 e. The first-order chi connectivity index (χ1) is 42.9. The summed E-state index contributed by atoms with van der Waals surface area (Å²) in [6.07, 6.45) is -0.363. The molecule has 2 amide bonds. The van der Waals surface area contributed by atoms with Crippen LogP contribution >= 0.6 is 15.9 Å². The SMILES string of the molecule is CC(C)N(C(C)C)P(C)OCc1ccccc1.CC1(C)OC2[C@H](O1)[C@H](n1cnc3c(NC(=O)c4ccccc4)ncnc31)N[C@]2(F)COP(C)(=O)OCc1ccccc1.CC1(C)OC2[C@H](O1)[C@H](n1cnc3c(NC(=O)c4ccccc4)ncnc31)O[C@]2(F)CO. The summed E-state index contributed by atoms with van der Waals surface area (Å²) < 4.78 is 96.5. The Labute approximate surface area is 520 Å². The van der Waals surface area contributed by atoms with Gasteiger partial charge in [0.25, 0.3) is 17.7 Å². The molecular formula is C62H74F2N12O12P2. The number of nitrogens with zero attached hydrogens (tertiary/aromatic N) is 9. The molecule has 24 nitrogen and oxygen atoms in total. The number of aliphatic hydroxyl groups excluding tert-OH is 1. The second-order valence-electron chi connectivity index (χ2n) is 23.3. The van der Waals surface area contributed by atoms with Crippen molar-refractivity contribution in [2.75, 3.05) is 37.2 Å². The Kier molecular flexibility index (Phi) is 20.1. The lowest BCUT2D eigenvalue weighted by atomic mass is 10.1. The van der Waals surface area contributed by atoms with Crippen LogP contribution in [0.4, 0.5) is 20.4 Å². The number of aliphatic hydroxyl groups is 1. The predicted molar refractivity (Wildman–Crippen MR) is 331 cm³/mol. The minimum absolute atomic E-state index is 0.0481. The molecule has 4 aromatic heterocycles. The maximum absolute atomic E-state index is 16.6. The second-order valence-corrected chi connectivity index (χ2v) is 27.0. The van der Waals surface area contributed by atoms with E-state index in [1.54, 1.807) is 80.8 Å². The molecule has 4 N–H and O–H groups in total. The third-order valence-corrected chi connectivity index (χ3v) is 18.2. The zero-order valence-electron chi connectivity index (χ0n) is 51.4. The van der Waals surface area contributed by atoms with Gasteiger partial charge in [-0.2, -0.15) is 0 Å². The number of aromatic nitrogens is 8. The third-order valence-electron chi connectivity index (χ3n) is 14.9. The molecule has 4 aromatic carbocycles. The lowest BCUT2D eigenvalue weighted by Crippen LogP contribution is -2.50. The van der Waals surface area contributed by atoms with Gasteiger partial charge in [0.15, 0.2) is 57.9 Å². The number of rotatable bonds is 19. The highest BCUT2D eigenvalue weighted by Crippen LogP contribution is 2.52. The van der Waals surface area contributed by atoms with Crippen molar-refractivity contribution in [1.82, 2.24) is 49.0 Å². The number of alkyl halides is 2. The molecule has 4 aliphatic rings. The van der Waals surface area contributed by atoms with Crippen LogP contribution in [0.1, 0.15) is 99.6 Å². The Bertz CT molecular complexity index is 3780. The maximum atomic E-state index is 16.6. The van der Waals surface area contributed by atoms with Crippen molar-refractivity contribution in [3.8, 4) is 0 Å². The van der Waals surface area contributed by atoms with Gasteiger partial charge in [0, 0.05) is 29.9 Å². The molecule has 90 heavy (non-hydrogen) atoms. The van der Waals surface area contributed by atoms with Crippen LogP contribution in [0, 0.1) is 0 Å². The van der Waals surface area contributed by atoms with E-state index in [-0.39, 0.29) is 30.1 Å². The van der Waals surface area contributed by atoms with E-state index in [4.69, 9.17) is 37.3 Å². The van der Waals surface area contributed by atoms with Crippen molar-refractivity contribution in [3.05, 3.63) is 169 Å². The number of halogens is 2. The highest BCUT2D eigenvalue weighted by Gasteiger charge is 2.65. The number of hydrogen-bond donors (Lipinski definition) is 4. The van der Waals surface area contributed by atoms with E-state index in [0.29, 0.717) is 52.1 Å². The normalized spacial score (nSPS) is 24.8. The Morgan fingerprint density at radius 3 is 1.63 bits per heavy atom. The molecule has 8 heterocycles. The largest absolute Gasteiger partial charge is 0.390 e. The van der Waals surface area contributed by atoms with Gasteiger partial charge < -0.3 is 53.0 Å². The first kappa shape index (κ1) is 65.9. The molecule has 0 aliphatic carbocycles. The van der Waals surface area contributed by atoms with E-state index in [1.807, 2.05) is 48.5 Å².